The van der Waals surface area contributed by atoms with Crippen LogP contribution in [-0.4, -0.2) is 23.0 Å². The first-order valence-corrected chi connectivity index (χ1v) is 7.20. The van der Waals surface area contributed by atoms with Gasteiger partial charge in [-0.3, -0.25) is 10.1 Å². The molecule has 0 saturated carbocycles. The Morgan fingerprint density at radius 3 is 2.94 bits per heavy atom. The number of thiophene rings is 1. The summed E-state index contributed by atoms with van der Waals surface area (Å²) in [6, 6.07) is 3.37. The van der Waals surface area contributed by atoms with Crippen LogP contribution < -0.4 is 5.32 Å². The molecule has 1 atom stereocenters. The SMILES string of the molecule is CSC(C)CCNCc1ccc([N+](=O)[O-])s1. The van der Waals surface area contributed by atoms with Gasteiger partial charge in [-0.05, 0) is 25.3 Å². The van der Waals surface area contributed by atoms with Gasteiger partial charge in [0, 0.05) is 22.7 Å². The molecule has 0 aliphatic rings. The molecule has 0 fully saturated rings. The highest BCUT2D eigenvalue weighted by Gasteiger charge is 2.08. The number of nitrogens with zero attached hydrogens (tertiary/aromatic N) is 1. The van der Waals surface area contributed by atoms with Crippen LogP contribution in [0.4, 0.5) is 5.00 Å². The second-order valence-electron chi connectivity index (χ2n) is 3.51. The Bertz CT molecular complexity index is 341. The topological polar surface area (TPSA) is 55.2 Å². The number of rotatable bonds is 7. The number of thioether (sulfide) groups is 1. The van der Waals surface area contributed by atoms with Crippen molar-refractivity contribution < 1.29 is 4.92 Å². The largest absolute Gasteiger partial charge is 0.324 e. The van der Waals surface area contributed by atoms with Gasteiger partial charge in [-0.2, -0.15) is 11.8 Å². The first-order chi connectivity index (χ1) is 7.63. The Hall–Kier alpha value is -0.590. The van der Waals surface area contributed by atoms with Crippen LogP contribution in [0, 0.1) is 10.1 Å². The van der Waals surface area contributed by atoms with Gasteiger partial charge in [0.1, 0.15) is 0 Å². The highest BCUT2D eigenvalue weighted by molar-refractivity contribution is 7.99. The lowest BCUT2D eigenvalue weighted by molar-refractivity contribution is -0.380. The molecule has 16 heavy (non-hydrogen) atoms. The average molecular weight is 260 g/mol. The molecule has 0 aliphatic heterocycles. The molecule has 0 bridgehead atoms. The van der Waals surface area contributed by atoms with Gasteiger partial charge in [0.2, 0.25) is 0 Å². The Morgan fingerprint density at radius 2 is 2.38 bits per heavy atom. The predicted octanol–water partition coefficient (Wildman–Crippen LogP) is 2.89. The summed E-state index contributed by atoms with van der Waals surface area (Å²) >= 11 is 3.09. The molecular formula is C10H16N2O2S2. The number of hydrogen-bond donors (Lipinski definition) is 1. The van der Waals surface area contributed by atoms with E-state index in [0.29, 0.717) is 5.25 Å². The normalized spacial score (nSPS) is 12.6. The highest BCUT2D eigenvalue weighted by atomic mass is 32.2. The van der Waals surface area contributed by atoms with E-state index in [1.54, 1.807) is 6.07 Å². The molecule has 1 unspecified atom stereocenters. The van der Waals surface area contributed by atoms with Crippen LogP contribution >= 0.6 is 23.1 Å². The summed E-state index contributed by atoms with van der Waals surface area (Å²) < 4.78 is 0. The van der Waals surface area contributed by atoms with E-state index >= 15 is 0 Å². The summed E-state index contributed by atoms with van der Waals surface area (Å²) in [5, 5.41) is 14.6. The third-order valence-electron chi connectivity index (χ3n) is 2.26. The molecule has 1 heterocycles. The van der Waals surface area contributed by atoms with E-state index in [0.717, 1.165) is 24.4 Å². The summed E-state index contributed by atoms with van der Waals surface area (Å²) in [5.74, 6) is 0. The Morgan fingerprint density at radius 1 is 1.62 bits per heavy atom. The van der Waals surface area contributed by atoms with Crippen molar-refractivity contribution in [2.75, 3.05) is 12.8 Å². The summed E-state index contributed by atoms with van der Waals surface area (Å²) in [6.07, 6.45) is 3.22. The summed E-state index contributed by atoms with van der Waals surface area (Å²) in [4.78, 5) is 11.1. The maximum Gasteiger partial charge on any atom is 0.324 e. The van der Waals surface area contributed by atoms with Crippen LogP contribution in [0.3, 0.4) is 0 Å². The zero-order chi connectivity index (χ0) is 12.0. The van der Waals surface area contributed by atoms with Crippen molar-refractivity contribution in [2.45, 2.75) is 25.1 Å². The van der Waals surface area contributed by atoms with Crippen molar-refractivity contribution in [2.24, 2.45) is 0 Å². The molecule has 1 N–H and O–H groups in total. The molecule has 0 spiro atoms. The van der Waals surface area contributed by atoms with E-state index in [-0.39, 0.29) is 9.92 Å². The number of nitrogens with one attached hydrogen (secondary N) is 1. The summed E-state index contributed by atoms with van der Waals surface area (Å²) in [5.41, 5.74) is 0. The van der Waals surface area contributed by atoms with Crippen molar-refractivity contribution in [3.63, 3.8) is 0 Å². The van der Waals surface area contributed by atoms with Crippen molar-refractivity contribution >= 4 is 28.1 Å². The average Bonchev–Trinajstić information content (AvgIpc) is 2.72. The molecule has 0 saturated heterocycles. The molecule has 0 aliphatic carbocycles. The fourth-order valence-corrected chi connectivity index (χ4v) is 2.34. The van der Waals surface area contributed by atoms with Crippen LogP contribution in [-0.2, 0) is 6.54 Å². The van der Waals surface area contributed by atoms with Crippen LogP contribution in [0.5, 0.6) is 0 Å². The van der Waals surface area contributed by atoms with Crippen molar-refractivity contribution in [3.05, 3.63) is 27.1 Å². The molecule has 0 radical (unpaired) electrons. The van der Waals surface area contributed by atoms with Gasteiger partial charge in [-0.15, -0.1) is 0 Å². The van der Waals surface area contributed by atoms with Crippen molar-refractivity contribution in [3.8, 4) is 0 Å². The molecule has 1 aromatic heterocycles. The van der Waals surface area contributed by atoms with Crippen LogP contribution in [0.25, 0.3) is 0 Å². The number of hydrogen-bond acceptors (Lipinski definition) is 5. The zero-order valence-electron chi connectivity index (χ0n) is 9.43. The van der Waals surface area contributed by atoms with Gasteiger partial charge in [0.15, 0.2) is 0 Å². The molecule has 0 aromatic carbocycles. The molecule has 0 amide bonds. The fraction of sp³-hybridized carbons (Fsp3) is 0.600. The van der Waals surface area contributed by atoms with Gasteiger partial charge < -0.3 is 5.32 Å². The van der Waals surface area contributed by atoms with E-state index in [2.05, 4.69) is 18.5 Å². The van der Waals surface area contributed by atoms with E-state index < -0.39 is 0 Å². The summed E-state index contributed by atoms with van der Waals surface area (Å²) in [6.45, 7) is 3.87. The molecular weight excluding hydrogens is 244 g/mol. The molecule has 6 heteroatoms. The predicted molar refractivity (Wildman–Crippen MR) is 70.3 cm³/mol. The minimum atomic E-state index is -0.343. The molecule has 90 valence electrons. The van der Waals surface area contributed by atoms with E-state index in [1.807, 2.05) is 17.8 Å². The Balaban J connectivity index is 2.24. The quantitative estimate of drug-likeness (QED) is 0.465. The fourth-order valence-electron chi connectivity index (χ4n) is 1.19. The van der Waals surface area contributed by atoms with Gasteiger partial charge >= 0.3 is 5.00 Å². The maximum atomic E-state index is 10.5. The molecule has 4 nitrogen and oxygen atoms in total. The van der Waals surface area contributed by atoms with Gasteiger partial charge in [0.25, 0.3) is 0 Å². The first-order valence-electron chi connectivity index (χ1n) is 5.10. The monoisotopic (exact) mass is 260 g/mol. The van der Waals surface area contributed by atoms with Crippen LogP contribution in [0.15, 0.2) is 12.1 Å². The van der Waals surface area contributed by atoms with E-state index in [1.165, 1.54) is 11.3 Å². The minimum Gasteiger partial charge on any atom is -0.312 e. The maximum absolute atomic E-state index is 10.5. The van der Waals surface area contributed by atoms with Crippen LogP contribution in [0.2, 0.25) is 0 Å². The van der Waals surface area contributed by atoms with Crippen molar-refractivity contribution in [1.82, 2.24) is 5.32 Å². The molecule has 1 rings (SSSR count). The van der Waals surface area contributed by atoms with Gasteiger partial charge in [0.05, 0.1) is 4.92 Å². The van der Waals surface area contributed by atoms with Gasteiger partial charge in [-0.25, -0.2) is 0 Å². The highest BCUT2D eigenvalue weighted by Crippen LogP contribution is 2.23. The second-order valence-corrected chi connectivity index (χ2v) is 5.93. The first kappa shape index (κ1) is 13.5. The minimum absolute atomic E-state index is 0.217. The lowest BCUT2D eigenvalue weighted by atomic mass is 10.3. The van der Waals surface area contributed by atoms with Gasteiger partial charge in [-0.1, -0.05) is 18.3 Å². The van der Waals surface area contributed by atoms with E-state index in [4.69, 9.17) is 0 Å². The van der Waals surface area contributed by atoms with E-state index in [9.17, 15) is 10.1 Å². The third-order valence-corrected chi connectivity index (χ3v) is 4.33. The second kappa shape index (κ2) is 6.88. The number of nitro groups is 1. The Kier molecular flexibility index (Phi) is 5.79. The van der Waals surface area contributed by atoms with Crippen molar-refractivity contribution in [1.29, 1.82) is 0 Å². The lowest BCUT2D eigenvalue weighted by Gasteiger charge is -2.07. The zero-order valence-corrected chi connectivity index (χ0v) is 11.1. The Labute approximate surface area is 104 Å². The third kappa shape index (κ3) is 4.51. The summed E-state index contributed by atoms with van der Waals surface area (Å²) in [7, 11) is 0. The standard InChI is InChI=1S/C10H16N2O2S2/c1-8(15-2)5-6-11-7-9-3-4-10(16-9)12(13)14/h3-4,8,11H,5-7H2,1-2H3. The molecule has 1 aromatic rings. The smallest absolute Gasteiger partial charge is 0.312 e. The lowest BCUT2D eigenvalue weighted by Crippen LogP contribution is -2.16. The van der Waals surface area contributed by atoms with Crippen LogP contribution in [0.1, 0.15) is 18.2 Å².